The largest absolute Gasteiger partial charge is 0.396 e. The predicted octanol–water partition coefficient (Wildman–Crippen LogP) is 0.679. The Labute approximate surface area is 68.7 Å². The molecule has 1 saturated carbocycles. The summed E-state index contributed by atoms with van der Waals surface area (Å²) < 4.78 is 0. The molecule has 1 rings (SSSR count). The molecule has 0 aromatic heterocycles. The maximum absolute atomic E-state index is 9.28. The third-order valence-electron chi connectivity index (χ3n) is 1.99. The van der Waals surface area contributed by atoms with Crippen LogP contribution in [0.5, 0.6) is 0 Å². The molecule has 2 N–H and O–H groups in total. The van der Waals surface area contributed by atoms with Crippen LogP contribution in [0.25, 0.3) is 0 Å². The molecule has 0 heterocycles. The number of hydrogen-bond acceptors (Lipinski definition) is 2. The number of aliphatic hydroxyl groups excluding tert-OH is 2. The molecule has 3 heteroatoms. The minimum absolute atomic E-state index is 0.00208. The maximum atomic E-state index is 9.28. The summed E-state index contributed by atoms with van der Waals surface area (Å²) in [4.78, 5) is 0.180. The molecule has 0 unspecified atom stereocenters. The molecule has 0 aromatic carbocycles. The van der Waals surface area contributed by atoms with Gasteiger partial charge in [0.25, 0.3) is 0 Å². The first-order valence-electron chi connectivity index (χ1n) is 3.28. The summed E-state index contributed by atoms with van der Waals surface area (Å²) in [5, 5.41) is 18.1. The van der Waals surface area contributed by atoms with Crippen LogP contribution in [0.1, 0.15) is 6.42 Å². The van der Waals surface area contributed by atoms with Gasteiger partial charge >= 0.3 is 0 Å². The van der Waals surface area contributed by atoms with Crippen molar-refractivity contribution in [3.05, 3.63) is 12.2 Å². The Hall–Kier alpha value is 0.140. The summed E-state index contributed by atoms with van der Waals surface area (Å²) in [6.07, 6.45) is 0.256. The van der Waals surface area contributed by atoms with Crippen LogP contribution in [0.4, 0.5) is 0 Å². The molecule has 0 saturated heterocycles. The summed E-state index contributed by atoms with van der Waals surface area (Å²) >= 11 is 3.35. The van der Waals surface area contributed by atoms with Crippen molar-refractivity contribution in [1.29, 1.82) is 0 Å². The van der Waals surface area contributed by atoms with Gasteiger partial charge in [-0.15, -0.1) is 0 Å². The van der Waals surface area contributed by atoms with Gasteiger partial charge in [0.05, 0.1) is 12.7 Å². The molecular weight excluding hydrogens is 196 g/mol. The lowest BCUT2D eigenvalue weighted by Gasteiger charge is -2.10. The van der Waals surface area contributed by atoms with E-state index >= 15 is 0 Å². The van der Waals surface area contributed by atoms with Crippen molar-refractivity contribution >= 4 is 15.9 Å². The van der Waals surface area contributed by atoms with Gasteiger partial charge in [-0.1, -0.05) is 28.1 Å². The number of aliphatic hydroxyl groups is 2. The van der Waals surface area contributed by atoms with Gasteiger partial charge < -0.3 is 10.2 Å². The fraction of sp³-hybridized carbons (Fsp3) is 0.714. The van der Waals surface area contributed by atoms with Crippen LogP contribution in [0.15, 0.2) is 12.2 Å². The summed E-state index contributed by atoms with van der Waals surface area (Å²) in [7, 11) is 0. The van der Waals surface area contributed by atoms with E-state index in [1.54, 1.807) is 0 Å². The van der Waals surface area contributed by atoms with E-state index in [4.69, 9.17) is 5.11 Å². The summed E-state index contributed by atoms with van der Waals surface area (Å²) in [6.45, 7) is 3.77. The van der Waals surface area contributed by atoms with Crippen molar-refractivity contribution in [1.82, 2.24) is 0 Å². The molecule has 2 nitrogen and oxygen atoms in total. The van der Waals surface area contributed by atoms with Crippen LogP contribution in [0, 0.1) is 5.92 Å². The van der Waals surface area contributed by atoms with Gasteiger partial charge in [-0.05, 0) is 6.42 Å². The Balaban J connectivity index is 2.64. The minimum Gasteiger partial charge on any atom is -0.396 e. The normalized spacial score (nSPS) is 40.7. The zero-order valence-corrected chi connectivity index (χ0v) is 7.21. The lowest BCUT2D eigenvalue weighted by Crippen LogP contribution is -2.17. The maximum Gasteiger partial charge on any atom is 0.0641 e. The second-order valence-electron chi connectivity index (χ2n) is 2.63. The van der Waals surface area contributed by atoms with Crippen molar-refractivity contribution in [2.45, 2.75) is 17.4 Å². The molecule has 0 spiro atoms. The van der Waals surface area contributed by atoms with Gasteiger partial charge in [0.1, 0.15) is 0 Å². The van der Waals surface area contributed by atoms with Crippen molar-refractivity contribution in [2.24, 2.45) is 5.92 Å². The minimum atomic E-state index is -0.415. The SMILES string of the molecule is C=C1[C@@H](Br)C[C@H](O)[C@H]1CO. The van der Waals surface area contributed by atoms with E-state index < -0.39 is 6.10 Å². The van der Waals surface area contributed by atoms with Gasteiger partial charge in [-0.3, -0.25) is 0 Å². The van der Waals surface area contributed by atoms with Gasteiger partial charge in [-0.25, -0.2) is 0 Å². The zero-order chi connectivity index (χ0) is 7.72. The summed E-state index contributed by atoms with van der Waals surface area (Å²) in [6, 6.07) is 0. The monoisotopic (exact) mass is 206 g/mol. The third kappa shape index (κ3) is 1.26. The average molecular weight is 207 g/mol. The van der Waals surface area contributed by atoms with E-state index in [1.165, 1.54) is 0 Å². The lowest BCUT2D eigenvalue weighted by atomic mass is 10.0. The molecule has 0 amide bonds. The van der Waals surface area contributed by atoms with Crippen molar-refractivity contribution in [3.8, 4) is 0 Å². The molecule has 0 bridgehead atoms. The van der Waals surface area contributed by atoms with Gasteiger partial charge in [-0.2, -0.15) is 0 Å². The van der Waals surface area contributed by atoms with E-state index in [0.29, 0.717) is 6.42 Å². The van der Waals surface area contributed by atoms with E-state index in [9.17, 15) is 5.11 Å². The van der Waals surface area contributed by atoms with Gasteiger partial charge in [0.15, 0.2) is 0 Å². The molecule has 0 aliphatic heterocycles. The van der Waals surface area contributed by atoms with Crippen LogP contribution in [0.3, 0.4) is 0 Å². The quantitative estimate of drug-likeness (QED) is 0.490. The van der Waals surface area contributed by atoms with E-state index in [2.05, 4.69) is 22.5 Å². The number of alkyl halides is 1. The van der Waals surface area contributed by atoms with Crippen LogP contribution < -0.4 is 0 Å². The van der Waals surface area contributed by atoms with E-state index in [1.807, 2.05) is 0 Å². The van der Waals surface area contributed by atoms with Gasteiger partial charge in [0.2, 0.25) is 0 Å². The highest BCUT2D eigenvalue weighted by Crippen LogP contribution is 2.34. The van der Waals surface area contributed by atoms with Crippen molar-refractivity contribution in [3.63, 3.8) is 0 Å². The molecule has 1 fully saturated rings. The first kappa shape index (κ1) is 8.24. The number of rotatable bonds is 1. The second kappa shape index (κ2) is 3.03. The van der Waals surface area contributed by atoms with Gasteiger partial charge in [0, 0.05) is 10.7 Å². The zero-order valence-electron chi connectivity index (χ0n) is 5.63. The molecule has 0 radical (unpaired) electrons. The highest BCUT2D eigenvalue weighted by molar-refractivity contribution is 9.09. The topological polar surface area (TPSA) is 40.5 Å². The molecule has 0 aromatic rings. The van der Waals surface area contributed by atoms with Crippen molar-refractivity contribution in [2.75, 3.05) is 6.61 Å². The Morgan fingerprint density at radius 2 is 2.30 bits per heavy atom. The molecule has 1 aliphatic carbocycles. The fourth-order valence-corrected chi connectivity index (χ4v) is 1.97. The van der Waals surface area contributed by atoms with Crippen LogP contribution in [-0.2, 0) is 0 Å². The van der Waals surface area contributed by atoms with Crippen LogP contribution >= 0.6 is 15.9 Å². The molecule has 10 heavy (non-hydrogen) atoms. The second-order valence-corrected chi connectivity index (χ2v) is 3.74. The van der Waals surface area contributed by atoms with Crippen LogP contribution in [0.2, 0.25) is 0 Å². The third-order valence-corrected chi connectivity index (χ3v) is 2.95. The van der Waals surface area contributed by atoms with Crippen molar-refractivity contribution < 1.29 is 10.2 Å². The Morgan fingerprint density at radius 1 is 1.70 bits per heavy atom. The fourth-order valence-electron chi connectivity index (χ4n) is 1.25. The van der Waals surface area contributed by atoms with E-state index in [0.717, 1.165) is 5.57 Å². The predicted molar refractivity (Wildman–Crippen MR) is 43.1 cm³/mol. The highest BCUT2D eigenvalue weighted by atomic mass is 79.9. The lowest BCUT2D eigenvalue weighted by molar-refractivity contribution is 0.103. The molecule has 58 valence electrons. The summed E-state index contributed by atoms with van der Waals surface area (Å²) in [5.74, 6) is -0.121. The Kier molecular flexibility index (Phi) is 2.50. The first-order chi connectivity index (χ1) is 4.66. The molecular formula is C7H11BrO2. The number of halogens is 1. The van der Waals surface area contributed by atoms with E-state index in [-0.39, 0.29) is 17.4 Å². The number of hydrogen-bond donors (Lipinski definition) is 2. The Morgan fingerprint density at radius 3 is 2.50 bits per heavy atom. The van der Waals surface area contributed by atoms with Crippen LogP contribution in [-0.4, -0.2) is 27.8 Å². The Bertz CT molecular complexity index is 147. The average Bonchev–Trinajstić information content (AvgIpc) is 2.09. The smallest absolute Gasteiger partial charge is 0.0641 e. The first-order valence-corrected chi connectivity index (χ1v) is 4.20. The standard InChI is InChI=1S/C7H11BrO2/c1-4-5(3-9)7(10)2-6(4)8/h5-7,9-10H,1-3H2/t5-,6-,7-/m0/s1. The summed E-state index contributed by atoms with van der Waals surface area (Å²) in [5.41, 5.74) is 0.912. The molecule has 3 atom stereocenters. The molecule has 1 aliphatic rings. The highest BCUT2D eigenvalue weighted by Gasteiger charge is 2.34.